The molecule has 0 aromatic heterocycles. The minimum atomic E-state index is -0.0291. The lowest BCUT2D eigenvalue weighted by atomic mass is 10.0. The number of rotatable bonds is 6. The summed E-state index contributed by atoms with van der Waals surface area (Å²) in [5.74, 6) is 1.39. The van der Waals surface area contributed by atoms with Crippen molar-refractivity contribution in [2.75, 3.05) is 31.6 Å². The predicted molar refractivity (Wildman–Crippen MR) is 80.9 cm³/mol. The first-order valence-corrected chi connectivity index (χ1v) is 7.61. The lowest BCUT2D eigenvalue weighted by Gasteiger charge is -2.19. The van der Waals surface area contributed by atoms with E-state index in [1.165, 1.54) is 19.3 Å². The zero-order chi connectivity index (χ0) is 14.7. The summed E-state index contributed by atoms with van der Waals surface area (Å²) in [7, 11) is 0. The summed E-state index contributed by atoms with van der Waals surface area (Å²) < 4.78 is 11.0. The zero-order valence-corrected chi connectivity index (χ0v) is 12.4. The summed E-state index contributed by atoms with van der Waals surface area (Å²) in [6.45, 7) is 4.60. The number of carbonyl (C=O) groups is 1. The molecule has 2 N–H and O–H groups in total. The van der Waals surface area contributed by atoms with Crippen LogP contribution in [-0.2, 0) is 4.79 Å². The van der Waals surface area contributed by atoms with Gasteiger partial charge in [-0.05, 0) is 36.8 Å². The van der Waals surface area contributed by atoms with Crippen molar-refractivity contribution in [3.05, 3.63) is 18.2 Å². The van der Waals surface area contributed by atoms with Crippen molar-refractivity contribution in [3.8, 4) is 11.5 Å². The highest BCUT2D eigenvalue weighted by molar-refractivity contribution is 5.92. The van der Waals surface area contributed by atoms with Crippen LogP contribution in [0.4, 0.5) is 5.69 Å². The molecule has 21 heavy (non-hydrogen) atoms. The lowest BCUT2D eigenvalue weighted by molar-refractivity contribution is -0.115. The maximum absolute atomic E-state index is 11.9. The molecule has 0 atom stereocenters. The SMILES string of the molecule is CCC1(CNCC(=O)Nc2ccc3c(c2)OCCO3)CC1. The third kappa shape index (κ3) is 3.47. The second kappa shape index (κ2) is 5.93. The Balaban J connectivity index is 1.48. The maximum Gasteiger partial charge on any atom is 0.238 e. The van der Waals surface area contributed by atoms with Gasteiger partial charge in [0.2, 0.25) is 5.91 Å². The van der Waals surface area contributed by atoms with Crippen molar-refractivity contribution in [3.63, 3.8) is 0 Å². The highest BCUT2D eigenvalue weighted by Gasteiger charge is 2.39. The highest BCUT2D eigenvalue weighted by atomic mass is 16.6. The maximum atomic E-state index is 11.9. The zero-order valence-electron chi connectivity index (χ0n) is 12.4. The molecule has 1 aliphatic carbocycles. The normalized spacial score (nSPS) is 18.1. The number of nitrogens with one attached hydrogen (secondary N) is 2. The molecule has 1 amide bonds. The fourth-order valence-electron chi connectivity index (χ4n) is 2.60. The average molecular weight is 290 g/mol. The van der Waals surface area contributed by atoms with Crippen molar-refractivity contribution in [2.45, 2.75) is 26.2 Å². The third-order valence-electron chi connectivity index (χ3n) is 4.32. The Labute approximate surface area is 125 Å². The van der Waals surface area contributed by atoms with E-state index < -0.39 is 0 Å². The minimum absolute atomic E-state index is 0.0291. The van der Waals surface area contributed by atoms with E-state index >= 15 is 0 Å². The van der Waals surface area contributed by atoms with E-state index in [1.807, 2.05) is 12.1 Å². The van der Waals surface area contributed by atoms with Gasteiger partial charge in [0.25, 0.3) is 0 Å². The topological polar surface area (TPSA) is 59.6 Å². The van der Waals surface area contributed by atoms with Crippen molar-refractivity contribution in [1.82, 2.24) is 5.32 Å². The molecule has 0 radical (unpaired) electrons. The smallest absolute Gasteiger partial charge is 0.238 e. The summed E-state index contributed by atoms with van der Waals surface area (Å²) in [6, 6.07) is 5.47. The molecule has 0 saturated heterocycles. The Kier molecular flexibility index (Phi) is 4.01. The van der Waals surface area contributed by atoms with Crippen LogP contribution in [0.15, 0.2) is 18.2 Å². The van der Waals surface area contributed by atoms with Gasteiger partial charge in [-0.3, -0.25) is 4.79 Å². The first-order chi connectivity index (χ1) is 10.2. The van der Waals surface area contributed by atoms with Gasteiger partial charge in [0.1, 0.15) is 13.2 Å². The van der Waals surface area contributed by atoms with Gasteiger partial charge in [0.15, 0.2) is 11.5 Å². The van der Waals surface area contributed by atoms with E-state index in [0.29, 0.717) is 30.9 Å². The fourth-order valence-corrected chi connectivity index (χ4v) is 2.60. The third-order valence-corrected chi connectivity index (χ3v) is 4.32. The van der Waals surface area contributed by atoms with Gasteiger partial charge in [0.05, 0.1) is 6.54 Å². The van der Waals surface area contributed by atoms with Crippen molar-refractivity contribution in [2.24, 2.45) is 5.41 Å². The Morgan fingerprint density at radius 1 is 1.24 bits per heavy atom. The molecular weight excluding hydrogens is 268 g/mol. The van der Waals surface area contributed by atoms with Crippen LogP contribution in [0.3, 0.4) is 0 Å². The molecule has 1 heterocycles. The summed E-state index contributed by atoms with van der Waals surface area (Å²) >= 11 is 0. The van der Waals surface area contributed by atoms with Crippen LogP contribution in [0, 0.1) is 5.41 Å². The van der Waals surface area contributed by atoms with E-state index in [2.05, 4.69) is 17.6 Å². The van der Waals surface area contributed by atoms with Crippen molar-refractivity contribution >= 4 is 11.6 Å². The first-order valence-electron chi connectivity index (χ1n) is 7.61. The molecule has 5 heteroatoms. The van der Waals surface area contributed by atoms with Crippen LogP contribution < -0.4 is 20.1 Å². The van der Waals surface area contributed by atoms with Crippen LogP contribution in [-0.4, -0.2) is 32.2 Å². The predicted octanol–water partition coefficient (Wildman–Crippen LogP) is 2.18. The van der Waals surface area contributed by atoms with Crippen molar-refractivity contribution < 1.29 is 14.3 Å². The number of ether oxygens (including phenoxy) is 2. The summed E-state index contributed by atoms with van der Waals surface area (Å²) in [5.41, 5.74) is 1.19. The summed E-state index contributed by atoms with van der Waals surface area (Å²) in [6.07, 6.45) is 3.74. The van der Waals surface area contributed by atoms with Gasteiger partial charge in [-0.2, -0.15) is 0 Å². The molecule has 1 fully saturated rings. The molecule has 1 aromatic carbocycles. The van der Waals surface area contributed by atoms with Gasteiger partial charge in [-0.25, -0.2) is 0 Å². The van der Waals surface area contributed by atoms with E-state index in [9.17, 15) is 4.79 Å². The van der Waals surface area contributed by atoms with Gasteiger partial charge >= 0.3 is 0 Å². The highest BCUT2D eigenvalue weighted by Crippen LogP contribution is 2.47. The first kappa shape index (κ1) is 14.2. The molecule has 5 nitrogen and oxygen atoms in total. The number of amides is 1. The average Bonchev–Trinajstić information content (AvgIpc) is 3.27. The molecule has 0 spiro atoms. The summed E-state index contributed by atoms with van der Waals surface area (Å²) in [4.78, 5) is 11.9. The molecule has 1 aliphatic heterocycles. The molecule has 114 valence electrons. The summed E-state index contributed by atoms with van der Waals surface area (Å²) in [5, 5.41) is 6.13. The number of hydrogen-bond donors (Lipinski definition) is 2. The van der Waals surface area contributed by atoms with E-state index in [-0.39, 0.29) is 5.91 Å². The monoisotopic (exact) mass is 290 g/mol. The molecule has 0 bridgehead atoms. The second-order valence-corrected chi connectivity index (χ2v) is 5.86. The number of carbonyl (C=O) groups excluding carboxylic acids is 1. The minimum Gasteiger partial charge on any atom is -0.486 e. The van der Waals surface area contributed by atoms with Gasteiger partial charge in [-0.1, -0.05) is 6.92 Å². The molecular formula is C16H22N2O3. The quantitative estimate of drug-likeness (QED) is 0.843. The van der Waals surface area contributed by atoms with Crippen LogP contribution in [0.25, 0.3) is 0 Å². The molecule has 2 aliphatic rings. The Morgan fingerprint density at radius 2 is 2.00 bits per heavy atom. The Morgan fingerprint density at radius 3 is 2.71 bits per heavy atom. The Hall–Kier alpha value is -1.75. The van der Waals surface area contributed by atoms with E-state index in [1.54, 1.807) is 6.07 Å². The molecule has 1 aromatic rings. The standard InChI is InChI=1S/C16H22N2O3/c1-2-16(5-6-16)11-17-10-15(19)18-12-3-4-13-14(9-12)21-8-7-20-13/h3-4,9,17H,2,5-8,10-11H2,1H3,(H,18,19). The van der Waals surface area contributed by atoms with Crippen LogP contribution >= 0.6 is 0 Å². The number of fused-ring (bicyclic) bond motifs is 1. The van der Waals surface area contributed by atoms with Gasteiger partial charge in [-0.15, -0.1) is 0 Å². The molecule has 3 rings (SSSR count). The Bertz CT molecular complexity index is 526. The fraction of sp³-hybridized carbons (Fsp3) is 0.562. The number of hydrogen-bond acceptors (Lipinski definition) is 4. The molecule has 1 saturated carbocycles. The van der Waals surface area contributed by atoms with Crippen LogP contribution in [0.1, 0.15) is 26.2 Å². The van der Waals surface area contributed by atoms with E-state index in [0.717, 1.165) is 18.0 Å². The van der Waals surface area contributed by atoms with Gasteiger partial charge in [0, 0.05) is 18.3 Å². The van der Waals surface area contributed by atoms with Crippen LogP contribution in [0.5, 0.6) is 11.5 Å². The van der Waals surface area contributed by atoms with Crippen molar-refractivity contribution in [1.29, 1.82) is 0 Å². The molecule has 0 unspecified atom stereocenters. The lowest BCUT2D eigenvalue weighted by Crippen LogP contribution is -2.32. The van der Waals surface area contributed by atoms with E-state index in [4.69, 9.17) is 9.47 Å². The largest absolute Gasteiger partial charge is 0.486 e. The number of benzene rings is 1. The second-order valence-electron chi connectivity index (χ2n) is 5.86. The number of anilines is 1. The van der Waals surface area contributed by atoms with Gasteiger partial charge < -0.3 is 20.1 Å². The van der Waals surface area contributed by atoms with Crippen LogP contribution in [0.2, 0.25) is 0 Å².